The molecule has 1 aliphatic rings. The number of amides is 1. The van der Waals surface area contributed by atoms with Crippen LogP contribution in [-0.2, 0) is 12.8 Å². The number of carbonyl (C=O) groups is 1. The van der Waals surface area contributed by atoms with Gasteiger partial charge in [-0.05, 0) is 55.5 Å². The number of aromatic nitrogens is 2. The Kier molecular flexibility index (Phi) is 4.43. The number of para-hydroxylation sites is 3. The van der Waals surface area contributed by atoms with Gasteiger partial charge in [-0.25, -0.2) is 9.98 Å². The van der Waals surface area contributed by atoms with E-state index in [-0.39, 0.29) is 0 Å². The number of H-pyrrole nitrogens is 1. The van der Waals surface area contributed by atoms with Crippen LogP contribution in [0.25, 0.3) is 33.4 Å². The highest BCUT2D eigenvalue weighted by Gasteiger charge is 2.24. The van der Waals surface area contributed by atoms with Gasteiger partial charge in [0.25, 0.3) is 5.91 Å². The molecular formula is C25H20N4O2S. The van der Waals surface area contributed by atoms with Crippen molar-refractivity contribution in [2.45, 2.75) is 25.7 Å². The van der Waals surface area contributed by atoms with Crippen LogP contribution in [0.3, 0.4) is 0 Å². The summed E-state index contributed by atoms with van der Waals surface area (Å²) in [5, 5.41) is 1.56. The van der Waals surface area contributed by atoms with Gasteiger partial charge in [0.15, 0.2) is 0 Å². The maximum atomic E-state index is 12.3. The van der Waals surface area contributed by atoms with Crippen LogP contribution in [0.4, 0.5) is 5.00 Å². The predicted molar refractivity (Wildman–Crippen MR) is 126 cm³/mol. The molecule has 0 saturated carbocycles. The number of hydrogen-bond donors (Lipinski definition) is 2. The summed E-state index contributed by atoms with van der Waals surface area (Å²) < 4.78 is 6.24. The van der Waals surface area contributed by atoms with E-state index < -0.39 is 5.91 Å². The zero-order valence-electron chi connectivity index (χ0n) is 17.2. The minimum Gasteiger partial charge on any atom is -0.438 e. The van der Waals surface area contributed by atoms with E-state index in [4.69, 9.17) is 20.1 Å². The molecule has 0 atom stereocenters. The summed E-state index contributed by atoms with van der Waals surface area (Å²) in [6.07, 6.45) is 4.01. The van der Waals surface area contributed by atoms with Gasteiger partial charge in [-0.15, -0.1) is 11.3 Å². The summed E-state index contributed by atoms with van der Waals surface area (Å²) >= 11 is 1.54. The summed E-state index contributed by atoms with van der Waals surface area (Å²) in [4.78, 5) is 26.5. The highest BCUT2D eigenvalue weighted by atomic mass is 32.1. The standard InChI is InChI=1S/C25H20N4O2S/c26-22(30)21-15-8-2-6-12-20(15)32-25(21)29-24-16(13-14-7-1-5-11-19(14)31-24)23-27-17-9-3-4-10-18(17)28-23/h1,3-5,7,9-11,13H,2,6,8,12H2,(H2,26,30)(H,27,28). The fourth-order valence-corrected chi connectivity index (χ4v) is 5.64. The molecule has 3 aromatic heterocycles. The van der Waals surface area contributed by atoms with E-state index in [9.17, 15) is 4.79 Å². The minimum absolute atomic E-state index is 0.406. The molecule has 6 rings (SSSR count). The first-order valence-electron chi connectivity index (χ1n) is 10.6. The molecule has 1 amide bonds. The van der Waals surface area contributed by atoms with Crippen molar-refractivity contribution in [2.75, 3.05) is 0 Å². The molecule has 0 unspecified atom stereocenters. The average Bonchev–Trinajstić information content (AvgIpc) is 3.39. The largest absolute Gasteiger partial charge is 0.438 e. The molecule has 3 N–H and O–H groups in total. The Balaban J connectivity index is 1.64. The predicted octanol–water partition coefficient (Wildman–Crippen LogP) is 5.25. The molecule has 0 bridgehead atoms. The number of carbonyl (C=O) groups excluding carboxylic acids is 1. The first-order valence-corrected chi connectivity index (χ1v) is 11.5. The van der Waals surface area contributed by atoms with E-state index in [1.807, 2.05) is 54.6 Å². The first kappa shape index (κ1) is 19.0. The molecule has 0 aliphatic heterocycles. The van der Waals surface area contributed by atoms with Crippen LogP contribution in [0.2, 0.25) is 0 Å². The second kappa shape index (κ2) is 7.46. The van der Waals surface area contributed by atoms with Crippen LogP contribution in [0.5, 0.6) is 0 Å². The summed E-state index contributed by atoms with van der Waals surface area (Å²) in [5.41, 5.74) is 11.0. The van der Waals surface area contributed by atoms with Crippen molar-refractivity contribution in [3.05, 3.63) is 76.2 Å². The number of rotatable bonds is 3. The third kappa shape index (κ3) is 3.13. The summed E-state index contributed by atoms with van der Waals surface area (Å²) in [6.45, 7) is 0. The molecule has 2 aromatic carbocycles. The van der Waals surface area contributed by atoms with Gasteiger partial charge < -0.3 is 15.1 Å². The Bertz CT molecular complexity index is 1540. The van der Waals surface area contributed by atoms with Gasteiger partial charge in [0.2, 0.25) is 5.55 Å². The number of aryl methyl sites for hydroxylation is 1. The van der Waals surface area contributed by atoms with Crippen LogP contribution >= 0.6 is 11.3 Å². The molecule has 0 fully saturated rings. The maximum absolute atomic E-state index is 12.3. The molecule has 1 aliphatic carbocycles. The number of nitrogens with one attached hydrogen (secondary N) is 1. The molecule has 7 heteroatoms. The van der Waals surface area contributed by atoms with Crippen molar-refractivity contribution in [1.29, 1.82) is 0 Å². The number of imidazole rings is 1. The van der Waals surface area contributed by atoms with Crippen LogP contribution in [0, 0.1) is 0 Å². The van der Waals surface area contributed by atoms with Gasteiger partial charge in [0, 0.05) is 10.3 Å². The van der Waals surface area contributed by atoms with Crippen molar-refractivity contribution in [1.82, 2.24) is 9.97 Å². The first-order chi connectivity index (χ1) is 15.7. The molecule has 5 aromatic rings. The monoisotopic (exact) mass is 440 g/mol. The van der Waals surface area contributed by atoms with Crippen molar-refractivity contribution in [3.8, 4) is 11.4 Å². The van der Waals surface area contributed by atoms with Crippen LogP contribution in [-0.4, -0.2) is 15.9 Å². The number of hydrogen-bond acceptors (Lipinski definition) is 5. The maximum Gasteiger partial charge on any atom is 0.252 e. The van der Waals surface area contributed by atoms with Crippen LogP contribution in [0.15, 0.2) is 64.0 Å². The van der Waals surface area contributed by atoms with E-state index >= 15 is 0 Å². The number of nitrogens with zero attached hydrogens (tertiary/aromatic N) is 2. The van der Waals surface area contributed by atoms with Crippen LogP contribution in [0.1, 0.15) is 33.6 Å². The van der Waals surface area contributed by atoms with Crippen molar-refractivity contribution in [2.24, 2.45) is 10.7 Å². The Labute approximate surface area is 187 Å². The van der Waals surface area contributed by atoms with Gasteiger partial charge in [0.1, 0.15) is 16.4 Å². The van der Waals surface area contributed by atoms with Crippen molar-refractivity contribution >= 4 is 44.2 Å². The normalized spacial score (nSPS) is 14.2. The lowest BCUT2D eigenvalue weighted by atomic mass is 9.95. The highest BCUT2D eigenvalue weighted by Crippen LogP contribution is 2.39. The smallest absolute Gasteiger partial charge is 0.252 e. The van der Waals surface area contributed by atoms with Crippen LogP contribution < -0.4 is 11.3 Å². The molecule has 6 nitrogen and oxygen atoms in total. The second-order valence-electron chi connectivity index (χ2n) is 7.97. The molecule has 158 valence electrons. The fraction of sp³-hybridized carbons (Fsp3) is 0.160. The lowest BCUT2D eigenvalue weighted by Gasteiger charge is -2.10. The number of benzene rings is 2. The number of nitrogens with two attached hydrogens (primary N) is 1. The van der Waals surface area contributed by atoms with Gasteiger partial charge in [-0.3, -0.25) is 4.79 Å². The summed E-state index contributed by atoms with van der Waals surface area (Å²) in [5.74, 6) is 0.232. The number of fused-ring (bicyclic) bond motifs is 3. The third-order valence-electron chi connectivity index (χ3n) is 5.90. The van der Waals surface area contributed by atoms with Gasteiger partial charge in [-0.2, -0.15) is 0 Å². The van der Waals surface area contributed by atoms with Crippen molar-refractivity contribution < 1.29 is 9.21 Å². The Morgan fingerprint density at radius 3 is 2.78 bits per heavy atom. The fourth-order valence-electron chi connectivity index (χ4n) is 4.38. The molecule has 0 saturated heterocycles. The molecule has 0 spiro atoms. The summed E-state index contributed by atoms with van der Waals surface area (Å²) in [6, 6.07) is 17.7. The number of thiophene rings is 1. The zero-order valence-corrected chi connectivity index (χ0v) is 18.0. The Morgan fingerprint density at radius 1 is 1.09 bits per heavy atom. The number of aromatic amines is 1. The molecule has 32 heavy (non-hydrogen) atoms. The summed E-state index contributed by atoms with van der Waals surface area (Å²) in [7, 11) is 0. The molecule has 3 heterocycles. The lowest BCUT2D eigenvalue weighted by molar-refractivity contribution is 0.1000. The van der Waals surface area contributed by atoms with Gasteiger partial charge in [0.05, 0.1) is 22.2 Å². The quantitative estimate of drug-likeness (QED) is 0.401. The Hall–Kier alpha value is -3.71. The van der Waals surface area contributed by atoms with Gasteiger partial charge >= 0.3 is 0 Å². The molecular weight excluding hydrogens is 420 g/mol. The third-order valence-corrected chi connectivity index (χ3v) is 7.09. The lowest BCUT2D eigenvalue weighted by Crippen LogP contribution is -2.15. The van der Waals surface area contributed by atoms with Gasteiger partial charge in [-0.1, -0.05) is 30.3 Å². The van der Waals surface area contributed by atoms with E-state index in [2.05, 4.69) is 4.98 Å². The SMILES string of the molecule is NC(=O)c1c(N=c2oc3ccccc3cc2-c2nc3ccccc3[nH]2)sc2c1CCCC2. The minimum atomic E-state index is -0.436. The Morgan fingerprint density at radius 2 is 1.91 bits per heavy atom. The zero-order chi connectivity index (χ0) is 21.7. The molecule has 0 radical (unpaired) electrons. The van der Waals surface area contributed by atoms with E-state index in [1.165, 1.54) is 4.88 Å². The van der Waals surface area contributed by atoms with E-state index in [0.717, 1.165) is 53.2 Å². The van der Waals surface area contributed by atoms with E-state index in [0.29, 0.717) is 27.5 Å². The highest BCUT2D eigenvalue weighted by molar-refractivity contribution is 7.16. The number of primary amides is 1. The second-order valence-corrected chi connectivity index (χ2v) is 9.06. The average molecular weight is 441 g/mol. The van der Waals surface area contributed by atoms with Crippen molar-refractivity contribution in [3.63, 3.8) is 0 Å². The van der Waals surface area contributed by atoms with E-state index in [1.54, 1.807) is 11.3 Å². The topological polar surface area (TPSA) is 97.3 Å².